The molecule has 2 rings (SSSR count). The van der Waals surface area contributed by atoms with E-state index < -0.39 is 33.4 Å². The zero-order chi connectivity index (χ0) is 21.4. The van der Waals surface area contributed by atoms with Gasteiger partial charge in [-0.05, 0) is 36.8 Å². The van der Waals surface area contributed by atoms with Crippen LogP contribution in [0.4, 0.5) is 5.69 Å². The Morgan fingerprint density at radius 1 is 1.10 bits per heavy atom. The molecule has 0 saturated carbocycles. The fourth-order valence-electron chi connectivity index (χ4n) is 2.20. The number of carbonyl (C=O) groups excluding carboxylic acids is 2. The van der Waals surface area contributed by atoms with Crippen molar-refractivity contribution in [3.63, 3.8) is 0 Å². The van der Waals surface area contributed by atoms with E-state index in [1.807, 2.05) is 0 Å². The molecule has 0 heterocycles. The summed E-state index contributed by atoms with van der Waals surface area (Å²) < 4.78 is 36.2. The lowest BCUT2D eigenvalue weighted by Crippen LogP contribution is -2.30. The van der Waals surface area contributed by atoms with E-state index in [0.29, 0.717) is 11.1 Å². The fourth-order valence-corrected chi connectivity index (χ4v) is 3.17. The maximum absolute atomic E-state index is 12.1. The molecule has 0 aliphatic rings. The molecule has 0 aliphatic heterocycles. The van der Waals surface area contributed by atoms with Crippen LogP contribution in [0.3, 0.4) is 0 Å². The maximum atomic E-state index is 12.1. The molecular formula is C18H18N2O8S. The molecule has 0 spiro atoms. The van der Waals surface area contributed by atoms with Crippen molar-refractivity contribution in [2.75, 3.05) is 13.2 Å². The Bertz CT molecular complexity index is 1000. The van der Waals surface area contributed by atoms with Gasteiger partial charge < -0.3 is 9.47 Å². The highest BCUT2D eigenvalue weighted by Gasteiger charge is 2.17. The number of sulfonamides is 1. The number of nitrogens with one attached hydrogen (secondary N) is 1. The lowest BCUT2D eigenvalue weighted by molar-refractivity contribution is -0.384. The number of nitrogens with zero attached hydrogens (tertiary/aromatic N) is 1. The van der Waals surface area contributed by atoms with Crippen LogP contribution in [0.15, 0.2) is 53.4 Å². The van der Waals surface area contributed by atoms with Crippen molar-refractivity contribution in [2.45, 2.75) is 18.4 Å². The Hall–Kier alpha value is -3.31. The van der Waals surface area contributed by atoms with Crippen LogP contribution in [0.5, 0.6) is 0 Å². The van der Waals surface area contributed by atoms with Crippen LogP contribution in [0.25, 0.3) is 0 Å². The van der Waals surface area contributed by atoms with Crippen LogP contribution in [0.1, 0.15) is 22.8 Å². The van der Waals surface area contributed by atoms with Crippen LogP contribution >= 0.6 is 0 Å². The average molecular weight is 422 g/mol. The number of hydrogen-bond donors (Lipinski definition) is 1. The van der Waals surface area contributed by atoms with E-state index in [9.17, 15) is 28.1 Å². The predicted molar refractivity (Wildman–Crippen MR) is 100 cm³/mol. The molecule has 10 nitrogen and oxygen atoms in total. The Labute approximate surface area is 166 Å². The first kappa shape index (κ1) is 22.0. The second-order valence-electron chi connectivity index (χ2n) is 5.66. The number of ether oxygens (including phenoxy) is 2. The van der Waals surface area contributed by atoms with Crippen molar-refractivity contribution >= 4 is 27.6 Å². The minimum atomic E-state index is -4.04. The van der Waals surface area contributed by atoms with Gasteiger partial charge in [0.15, 0.2) is 0 Å². The van der Waals surface area contributed by atoms with Crippen molar-refractivity contribution in [1.29, 1.82) is 0 Å². The summed E-state index contributed by atoms with van der Waals surface area (Å²) in [6, 6.07) is 10.5. The van der Waals surface area contributed by atoms with E-state index in [1.54, 1.807) is 25.1 Å². The molecule has 2 aromatic rings. The first-order chi connectivity index (χ1) is 13.7. The minimum Gasteiger partial charge on any atom is -0.462 e. The highest BCUT2D eigenvalue weighted by molar-refractivity contribution is 7.89. The van der Waals surface area contributed by atoms with Crippen molar-refractivity contribution in [2.24, 2.45) is 0 Å². The Kier molecular flexibility index (Phi) is 7.39. The largest absolute Gasteiger partial charge is 0.462 e. The Morgan fingerprint density at radius 2 is 1.79 bits per heavy atom. The molecule has 2 aromatic carbocycles. The zero-order valence-electron chi connectivity index (χ0n) is 15.4. The predicted octanol–water partition coefficient (Wildman–Crippen LogP) is 1.79. The van der Waals surface area contributed by atoms with Crippen LogP contribution in [0, 0.1) is 10.1 Å². The van der Waals surface area contributed by atoms with Gasteiger partial charge in [-0.25, -0.2) is 13.2 Å². The van der Waals surface area contributed by atoms with E-state index in [1.165, 1.54) is 6.07 Å². The Morgan fingerprint density at radius 3 is 2.41 bits per heavy atom. The molecule has 0 radical (unpaired) electrons. The van der Waals surface area contributed by atoms with Gasteiger partial charge in [0, 0.05) is 12.1 Å². The molecule has 0 fully saturated rings. The molecular weight excluding hydrogens is 404 g/mol. The van der Waals surface area contributed by atoms with Gasteiger partial charge in [-0.15, -0.1) is 0 Å². The Balaban J connectivity index is 1.90. The van der Waals surface area contributed by atoms with Gasteiger partial charge in [-0.1, -0.05) is 12.1 Å². The normalized spacial score (nSPS) is 10.9. The van der Waals surface area contributed by atoms with Crippen LogP contribution in [0.2, 0.25) is 0 Å². The lowest BCUT2D eigenvalue weighted by Gasteiger charge is -2.08. The smallest absolute Gasteiger partial charge is 0.338 e. The molecule has 0 amide bonds. The summed E-state index contributed by atoms with van der Waals surface area (Å²) in [7, 11) is -4.04. The lowest BCUT2D eigenvalue weighted by atomic mass is 10.1. The third-order valence-corrected chi connectivity index (χ3v) is 5.02. The number of esters is 2. The molecule has 0 bridgehead atoms. The molecule has 154 valence electrons. The number of carbonyl (C=O) groups is 2. The fraction of sp³-hybridized carbons (Fsp3) is 0.222. The molecule has 0 atom stereocenters. The number of rotatable bonds is 9. The summed E-state index contributed by atoms with van der Waals surface area (Å²) in [6.45, 7) is 1.12. The molecule has 11 heteroatoms. The van der Waals surface area contributed by atoms with Gasteiger partial charge >= 0.3 is 11.9 Å². The highest BCUT2D eigenvalue weighted by Crippen LogP contribution is 2.15. The number of nitro benzene ring substituents is 1. The first-order valence-corrected chi connectivity index (χ1v) is 9.87. The third kappa shape index (κ3) is 6.36. The monoisotopic (exact) mass is 422 g/mol. The standard InChI is InChI=1S/C18H18N2O8S/c1-2-27-18(22)14-5-3-4-13(10-14)12-28-17(21)11-19-29(25,26)16-8-6-15(7-9-16)20(23)24/h3-10,19H,2,11-12H2,1H3. The van der Waals surface area contributed by atoms with E-state index in [-0.39, 0.29) is 23.8 Å². The summed E-state index contributed by atoms with van der Waals surface area (Å²) in [5.41, 5.74) is 0.579. The van der Waals surface area contributed by atoms with Crippen LogP contribution < -0.4 is 4.72 Å². The first-order valence-electron chi connectivity index (χ1n) is 8.38. The average Bonchev–Trinajstić information content (AvgIpc) is 2.71. The SMILES string of the molecule is CCOC(=O)c1cccc(COC(=O)CNS(=O)(=O)c2ccc([N+](=O)[O-])cc2)c1. The van der Waals surface area contributed by atoms with Crippen molar-refractivity contribution in [3.05, 3.63) is 69.8 Å². The van der Waals surface area contributed by atoms with E-state index in [0.717, 1.165) is 24.3 Å². The van der Waals surface area contributed by atoms with Crippen molar-refractivity contribution < 1.29 is 32.4 Å². The number of hydrogen-bond acceptors (Lipinski definition) is 8. The zero-order valence-corrected chi connectivity index (χ0v) is 16.2. The summed E-state index contributed by atoms with van der Waals surface area (Å²) in [6.07, 6.45) is 0. The van der Waals surface area contributed by atoms with E-state index in [4.69, 9.17) is 9.47 Å². The third-order valence-electron chi connectivity index (χ3n) is 3.60. The molecule has 29 heavy (non-hydrogen) atoms. The summed E-state index contributed by atoms with van der Waals surface area (Å²) in [5.74, 6) is -1.34. The van der Waals surface area contributed by atoms with Crippen LogP contribution in [-0.4, -0.2) is 38.4 Å². The minimum absolute atomic E-state index is 0.161. The van der Waals surface area contributed by atoms with Crippen molar-refractivity contribution in [1.82, 2.24) is 4.72 Å². The topological polar surface area (TPSA) is 142 Å². The summed E-state index contributed by atoms with van der Waals surface area (Å²) in [4.78, 5) is 33.3. The molecule has 0 aliphatic carbocycles. The van der Waals surface area contributed by atoms with E-state index >= 15 is 0 Å². The quantitative estimate of drug-likeness (QED) is 0.366. The van der Waals surface area contributed by atoms with Gasteiger partial charge in [0.1, 0.15) is 13.2 Å². The van der Waals surface area contributed by atoms with Crippen LogP contribution in [-0.2, 0) is 30.9 Å². The molecule has 0 unspecified atom stereocenters. The van der Waals surface area contributed by atoms with Gasteiger partial charge in [0.2, 0.25) is 10.0 Å². The summed E-state index contributed by atoms with van der Waals surface area (Å²) in [5, 5.41) is 10.6. The summed E-state index contributed by atoms with van der Waals surface area (Å²) >= 11 is 0. The second kappa shape index (κ2) is 9.75. The van der Waals surface area contributed by atoms with Gasteiger partial charge in [0.05, 0.1) is 22.0 Å². The number of non-ortho nitro benzene ring substituents is 1. The van der Waals surface area contributed by atoms with Gasteiger partial charge in [-0.2, -0.15) is 4.72 Å². The van der Waals surface area contributed by atoms with Gasteiger partial charge in [0.25, 0.3) is 5.69 Å². The van der Waals surface area contributed by atoms with Gasteiger partial charge in [-0.3, -0.25) is 14.9 Å². The highest BCUT2D eigenvalue weighted by atomic mass is 32.2. The maximum Gasteiger partial charge on any atom is 0.338 e. The van der Waals surface area contributed by atoms with E-state index in [2.05, 4.69) is 4.72 Å². The molecule has 1 N–H and O–H groups in total. The molecule has 0 saturated heterocycles. The van der Waals surface area contributed by atoms with Crippen molar-refractivity contribution in [3.8, 4) is 0 Å². The number of benzene rings is 2. The second-order valence-corrected chi connectivity index (χ2v) is 7.42. The number of nitro groups is 1. The molecule has 0 aromatic heterocycles.